The van der Waals surface area contributed by atoms with Crippen molar-refractivity contribution in [3.63, 3.8) is 0 Å². The van der Waals surface area contributed by atoms with Crippen molar-refractivity contribution in [1.29, 1.82) is 0 Å². The first-order valence-electron chi connectivity index (χ1n) is 4.38. The average Bonchev–Trinajstić information content (AvgIpc) is 1.98. The van der Waals surface area contributed by atoms with Gasteiger partial charge in [-0.1, -0.05) is 12.2 Å². The van der Waals surface area contributed by atoms with Crippen molar-refractivity contribution in [3.8, 4) is 0 Å². The molecule has 0 aliphatic carbocycles. The van der Waals surface area contributed by atoms with E-state index in [0.29, 0.717) is 0 Å². The Balaban J connectivity index is 3.37. The lowest BCUT2D eigenvalue weighted by molar-refractivity contribution is 0.0160. The van der Waals surface area contributed by atoms with Crippen LogP contribution in [0.3, 0.4) is 0 Å². The molecule has 0 amide bonds. The number of rotatable bonds is 6. The summed E-state index contributed by atoms with van der Waals surface area (Å²) in [5.74, 6) is 0. The summed E-state index contributed by atoms with van der Waals surface area (Å²) in [5.41, 5.74) is 1.16. The minimum absolute atomic E-state index is 0.0118. The van der Waals surface area contributed by atoms with Gasteiger partial charge in [-0.2, -0.15) is 0 Å². The van der Waals surface area contributed by atoms with Crippen molar-refractivity contribution in [2.75, 3.05) is 20.2 Å². The molecule has 0 heterocycles. The van der Waals surface area contributed by atoms with E-state index in [1.807, 2.05) is 6.92 Å². The zero-order valence-corrected chi connectivity index (χ0v) is 8.74. The van der Waals surface area contributed by atoms with Gasteiger partial charge >= 0.3 is 0 Å². The Labute approximate surface area is 76.0 Å². The number of nitrogens with one attached hydrogen (secondary N) is 1. The molecule has 2 heteroatoms. The fourth-order valence-electron chi connectivity index (χ4n) is 0.793. The van der Waals surface area contributed by atoms with Crippen molar-refractivity contribution in [2.45, 2.75) is 32.8 Å². The van der Waals surface area contributed by atoms with Gasteiger partial charge in [0, 0.05) is 13.7 Å². The van der Waals surface area contributed by atoms with Gasteiger partial charge in [-0.05, 0) is 33.7 Å². The summed E-state index contributed by atoms with van der Waals surface area (Å²) in [4.78, 5) is 0. The maximum Gasteiger partial charge on any atom is 0.0634 e. The van der Waals surface area contributed by atoms with Crippen LogP contribution in [0, 0.1) is 0 Å². The summed E-state index contributed by atoms with van der Waals surface area (Å²) in [6.45, 7) is 11.9. The quantitative estimate of drug-likeness (QED) is 0.487. The minimum atomic E-state index is -0.0118. The van der Waals surface area contributed by atoms with Crippen molar-refractivity contribution in [1.82, 2.24) is 5.32 Å². The monoisotopic (exact) mass is 171 g/mol. The number of ether oxygens (including phenoxy) is 1. The lowest BCUT2D eigenvalue weighted by Gasteiger charge is -2.22. The average molecular weight is 171 g/mol. The van der Waals surface area contributed by atoms with E-state index in [-0.39, 0.29) is 5.60 Å². The first-order valence-corrected chi connectivity index (χ1v) is 4.38. The molecule has 2 nitrogen and oxygen atoms in total. The molecule has 0 aromatic rings. The molecular formula is C10H21NO. The Morgan fingerprint density at radius 1 is 1.50 bits per heavy atom. The van der Waals surface area contributed by atoms with Crippen LogP contribution in [0.4, 0.5) is 0 Å². The molecular weight excluding hydrogens is 150 g/mol. The second-order valence-electron chi connectivity index (χ2n) is 3.85. The highest BCUT2D eigenvalue weighted by Gasteiger charge is 2.14. The van der Waals surface area contributed by atoms with E-state index >= 15 is 0 Å². The smallest absolute Gasteiger partial charge is 0.0634 e. The van der Waals surface area contributed by atoms with Gasteiger partial charge < -0.3 is 10.1 Å². The predicted molar refractivity (Wildman–Crippen MR) is 53.4 cm³/mol. The number of hydrogen-bond donors (Lipinski definition) is 1. The maximum absolute atomic E-state index is 5.28. The van der Waals surface area contributed by atoms with Crippen molar-refractivity contribution in [2.24, 2.45) is 0 Å². The zero-order chi connectivity index (χ0) is 9.61. The molecule has 0 atom stereocenters. The molecule has 0 unspecified atom stereocenters. The van der Waals surface area contributed by atoms with Crippen molar-refractivity contribution < 1.29 is 4.74 Å². The Morgan fingerprint density at radius 2 is 2.08 bits per heavy atom. The molecule has 72 valence electrons. The van der Waals surface area contributed by atoms with Gasteiger partial charge in [0.05, 0.1) is 5.60 Å². The molecule has 0 spiro atoms. The molecule has 0 bridgehead atoms. The topological polar surface area (TPSA) is 21.3 Å². The van der Waals surface area contributed by atoms with Crippen LogP contribution in [0.2, 0.25) is 0 Å². The summed E-state index contributed by atoms with van der Waals surface area (Å²) >= 11 is 0. The highest BCUT2D eigenvalue weighted by atomic mass is 16.5. The lowest BCUT2D eigenvalue weighted by Crippen LogP contribution is -2.29. The van der Waals surface area contributed by atoms with Gasteiger partial charge in [0.2, 0.25) is 0 Å². The van der Waals surface area contributed by atoms with Gasteiger partial charge in [-0.25, -0.2) is 0 Å². The lowest BCUT2D eigenvalue weighted by atomic mass is 10.1. The van der Waals surface area contributed by atoms with E-state index < -0.39 is 0 Å². The van der Waals surface area contributed by atoms with Gasteiger partial charge in [0.15, 0.2) is 0 Å². The first-order chi connectivity index (χ1) is 5.48. The Morgan fingerprint density at radius 3 is 2.50 bits per heavy atom. The van der Waals surface area contributed by atoms with E-state index in [4.69, 9.17) is 4.74 Å². The van der Waals surface area contributed by atoms with Crippen LogP contribution in [0.15, 0.2) is 12.2 Å². The minimum Gasteiger partial charge on any atom is -0.379 e. The standard InChI is InChI=1S/C10H21NO/c1-9(2)8-11-7-6-10(3,4)12-5/h11H,1,6-8H2,2-5H3. The SMILES string of the molecule is C=C(C)CNCCC(C)(C)OC. The van der Waals surface area contributed by atoms with Crippen LogP contribution in [-0.4, -0.2) is 25.8 Å². The molecule has 0 aromatic carbocycles. The summed E-state index contributed by atoms with van der Waals surface area (Å²) in [5, 5.41) is 3.30. The second kappa shape index (κ2) is 5.33. The van der Waals surface area contributed by atoms with Gasteiger partial charge in [0.1, 0.15) is 0 Å². The normalized spacial score (nSPS) is 11.7. The Hall–Kier alpha value is -0.340. The van der Waals surface area contributed by atoms with Crippen molar-refractivity contribution >= 4 is 0 Å². The molecule has 0 radical (unpaired) electrons. The molecule has 0 aromatic heterocycles. The molecule has 0 aliphatic heterocycles. The number of methoxy groups -OCH3 is 1. The zero-order valence-electron chi connectivity index (χ0n) is 8.74. The predicted octanol–water partition coefficient (Wildman–Crippen LogP) is 1.97. The van der Waals surface area contributed by atoms with Crippen LogP contribution in [0.5, 0.6) is 0 Å². The maximum atomic E-state index is 5.28. The molecule has 0 rings (SSSR count). The van der Waals surface area contributed by atoms with Crippen LogP contribution >= 0.6 is 0 Å². The van der Waals surface area contributed by atoms with Crippen molar-refractivity contribution in [3.05, 3.63) is 12.2 Å². The Kier molecular flexibility index (Phi) is 5.18. The largest absolute Gasteiger partial charge is 0.379 e. The summed E-state index contributed by atoms with van der Waals surface area (Å²) in [6, 6.07) is 0. The fourth-order valence-corrected chi connectivity index (χ4v) is 0.793. The van der Waals surface area contributed by atoms with Crippen LogP contribution in [-0.2, 0) is 4.74 Å². The van der Waals surface area contributed by atoms with Crippen LogP contribution in [0.1, 0.15) is 27.2 Å². The molecule has 0 saturated carbocycles. The third kappa shape index (κ3) is 6.38. The van der Waals surface area contributed by atoms with Gasteiger partial charge in [-0.3, -0.25) is 0 Å². The molecule has 12 heavy (non-hydrogen) atoms. The second-order valence-corrected chi connectivity index (χ2v) is 3.85. The highest BCUT2D eigenvalue weighted by molar-refractivity contribution is 4.90. The molecule has 0 aliphatic rings. The summed E-state index contributed by atoms with van der Waals surface area (Å²) in [6.07, 6.45) is 1.02. The molecule has 0 saturated heterocycles. The highest BCUT2D eigenvalue weighted by Crippen LogP contribution is 2.11. The van der Waals surface area contributed by atoms with Gasteiger partial charge in [0.25, 0.3) is 0 Å². The van der Waals surface area contributed by atoms with E-state index in [1.165, 1.54) is 5.57 Å². The Bertz CT molecular complexity index is 141. The summed E-state index contributed by atoms with van der Waals surface area (Å²) in [7, 11) is 1.75. The van der Waals surface area contributed by atoms with E-state index in [1.54, 1.807) is 7.11 Å². The summed E-state index contributed by atoms with van der Waals surface area (Å²) < 4.78 is 5.28. The third-order valence-corrected chi connectivity index (χ3v) is 1.88. The van der Waals surface area contributed by atoms with Crippen LogP contribution < -0.4 is 5.32 Å². The van der Waals surface area contributed by atoms with E-state index in [9.17, 15) is 0 Å². The molecule has 1 N–H and O–H groups in total. The third-order valence-electron chi connectivity index (χ3n) is 1.88. The van der Waals surface area contributed by atoms with E-state index in [0.717, 1.165) is 19.5 Å². The molecule has 0 fully saturated rings. The fraction of sp³-hybridized carbons (Fsp3) is 0.800. The first kappa shape index (κ1) is 11.7. The van der Waals surface area contributed by atoms with Gasteiger partial charge in [-0.15, -0.1) is 0 Å². The van der Waals surface area contributed by atoms with E-state index in [2.05, 4.69) is 25.7 Å². The van der Waals surface area contributed by atoms with Crippen LogP contribution in [0.25, 0.3) is 0 Å². The number of hydrogen-bond acceptors (Lipinski definition) is 2.